The van der Waals surface area contributed by atoms with Crippen molar-refractivity contribution in [3.63, 3.8) is 0 Å². The highest BCUT2D eigenvalue weighted by Crippen LogP contribution is 2.28. The molecule has 0 bridgehead atoms. The number of methoxy groups -OCH3 is 1. The lowest BCUT2D eigenvalue weighted by atomic mass is 10.1. The molecule has 0 spiro atoms. The number of hydrogen-bond donors (Lipinski definition) is 2. The van der Waals surface area contributed by atoms with E-state index < -0.39 is 0 Å². The second-order valence-electron chi connectivity index (χ2n) is 4.46. The summed E-state index contributed by atoms with van der Waals surface area (Å²) in [4.78, 5) is 2.29. The molecule has 1 aliphatic rings. The number of benzene rings is 1. The second kappa shape index (κ2) is 6.02. The molecule has 1 fully saturated rings. The maximum atomic E-state index is 13.7. The molecule has 100 valence electrons. The van der Waals surface area contributed by atoms with Crippen LogP contribution >= 0.6 is 0 Å². The van der Waals surface area contributed by atoms with Gasteiger partial charge < -0.3 is 20.1 Å². The zero-order valence-electron chi connectivity index (χ0n) is 10.6. The summed E-state index contributed by atoms with van der Waals surface area (Å²) >= 11 is 0. The van der Waals surface area contributed by atoms with Gasteiger partial charge in [0, 0.05) is 38.8 Å². The predicted molar refractivity (Wildman–Crippen MR) is 67.6 cm³/mol. The fourth-order valence-corrected chi connectivity index (χ4v) is 2.16. The first-order valence-electron chi connectivity index (χ1n) is 6.19. The topological polar surface area (TPSA) is 44.7 Å². The van der Waals surface area contributed by atoms with Gasteiger partial charge in [-0.2, -0.15) is 0 Å². The predicted octanol–water partition coefficient (Wildman–Crippen LogP) is 0.988. The average molecular weight is 254 g/mol. The van der Waals surface area contributed by atoms with E-state index in [2.05, 4.69) is 10.2 Å². The van der Waals surface area contributed by atoms with Gasteiger partial charge in [0.15, 0.2) is 11.5 Å². The first-order valence-corrected chi connectivity index (χ1v) is 6.19. The summed E-state index contributed by atoms with van der Waals surface area (Å²) in [6.45, 7) is 4.75. The lowest BCUT2D eigenvalue weighted by molar-refractivity contribution is 0.243. The van der Waals surface area contributed by atoms with Crippen molar-refractivity contribution in [3.05, 3.63) is 23.5 Å². The van der Waals surface area contributed by atoms with Crippen LogP contribution in [0.15, 0.2) is 12.1 Å². The molecule has 0 atom stereocenters. The summed E-state index contributed by atoms with van der Waals surface area (Å²) < 4.78 is 18.6. The van der Waals surface area contributed by atoms with Crippen LogP contribution in [0.1, 0.15) is 5.56 Å². The number of halogens is 1. The highest BCUT2D eigenvalue weighted by molar-refractivity contribution is 5.42. The molecule has 1 saturated heterocycles. The van der Waals surface area contributed by atoms with Crippen LogP contribution in [0.3, 0.4) is 0 Å². The number of nitrogens with one attached hydrogen (secondary N) is 1. The Kier molecular flexibility index (Phi) is 4.38. The number of phenols is 1. The monoisotopic (exact) mass is 254 g/mol. The molecule has 2 N–H and O–H groups in total. The molecule has 2 rings (SSSR count). The van der Waals surface area contributed by atoms with Gasteiger partial charge in [0.05, 0.1) is 7.11 Å². The van der Waals surface area contributed by atoms with E-state index in [-0.39, 0.29) is 17.3 Å². The summed E-state index contributed by atoms with van der Waals surface area (Å²) in [7, 11) is 1.41. The van der Waals surface area contributed by atoms with E-state index in [1.165, 1.54) is 19.2 Å². The Morgan fingerprint density at radius 2 is 2.11 bits per heavy atom. The molecule has 1 aliphatic heterocycles. The molecule has 1 heterocycles. The van der Waals surface area contributed by atoms with E-state index in [0.717, 1.165) is 32.7 Å². The molecule has 1 aromatic carbocycles. The minimum Gasteiger partial charge on any atom is -0.504 e. The van der Waals surface area contributed by atoms with E-state index in [1.54, 1.807) is 0 Å². The van der Waals surface area contributed by atoms with Crippen LogP contribution in [0, 0.1) is 5.82 Å². The minimum atomic E-state index is -0.320. The minimum absolute atomic E-state index is 0.00536. The number of hydrogen-bond acceptors (Lipinski definition) is 4. The zero-order valence-corrected chi connectivity index (χ0v) is 10.6. The van der Waals surface area contributed by atoms with Crippen LogP contribution in [-0.4, -0.2) is 49.8 Å². The number of rotatable bonds is 4. The van der Waals surface area contributed by atoms with E-state index in [1.807, 2.05) is 0 Å². The summed E-state index contributed by atoms with van der Waals surface area (Å²) in [5.74, 6) is -0.146. The van der Waals surface area contributed by atoms with Crippen molar-refractivity contribution < 1.29 is 14.2 Å². The number of phenolic OH excluding ortho intramolecular Hbond substituents is 1. The number of ether oxygens (including phenoxy) is 1. The van der Waals surface area contributed by atoms with Crippen molar-refractivity contribution in [2.24, 2.45) is 0 Å². The van der Waals surface area contributed by atoms with Gasteiger partial charge in [0.2, 0.25) is 0 Å². The molecule has 4 nitrogen and oxygen atoms in total. The molecule has 0 amide bonds. The average Bonchev–Trinajstić information content (AvgIpc) is 2.40. The van der Waals surface area contributed by atoms with Crippen molar-refractivity contribution in [2.45, 2.75) is 6.42 Å². The summed E-state index contributed by atoms with van der Waals surface area (Å²) in [5, 5.41) is 12.9. The first-order chi connectivity index (χ1) is 8.70. The molecule has 5 heteroatoms. The van der Waals surface area contributed by atoms with E-state index >= 15 is 0 Å². The van der Waals surface area contributed by atoms with Gasteiger partial charge in [0.25, 0.3) is 0 Å². The molecule has 0 unspecified atom stereocenters. The molecular weight excluding hydrogens is 235 g/mol. The Morgan fingerprint density at radius 1 is 1.39 bits per heavy atom. The second-order valence-corrected chi connectivity index (χ2v) is 4.46. The van der Waals surface area contributed by atoms with Gasteiger partial charge in [-0.25, -0.2) is 4.39 Å². The SMILES string of the molecule is COc1cc(F)c(CCN2CCNCC2)cc1O. The Balaban J connectivity index is 1.98. The molecule has 18 heavy (non-hydrogen) atoms. The van der Waals surface area contributed by atoms with Crippen LogP contribution in [0.25, 0.3) is 0 Å². The Morgan fingerprint density at radius 3 is 2.78 bits per heavy atom. The first kappa shape index (κ1) is 13.1. The van der Waals surface area contributed by atoms with Crippen LogP contribution in [0.2, 0.25) is 0 Å². The van der Waals surface area contributed by atoms with E-state index in [4.69, 9.17) is 4.74 Å². The standard InChI is InChI=1S/C13H19FN2O2/c1-18-13-9-11(14)10(8-12(13)17)2-5-16-6-3-15-4-7-16/h8-9,15,17H,2-7H2,1H3. The number of nitrogens with zero attached hydrogens (tertiary/aromatic N) is 1. The zero-order chi connectivity index (χ0) is 13.0. The van der Waals surface area contributed by atoms with E-state index in [0.29, 0.717) is 12.0 Å². The van der Waals surface area contributed by atoms with E-state index in [9.17, 15) is 9.50 Å². The molecule has 1 aromatic rings. The highest BCUT2D eigenvalue weighted by atomic mass is 19.1. The fourth-order valence-electron chi connectivity index (χ4n) is 2.16. The van der Waals surface area contributed by atoms with Crippen molar-refractivity contribution in [3.8, 4) is 11.5 Å². The maximum absolute atomic E-state index is 13.7. The number of aromatic hydroxyl groups is 1. The normalized spacial score (nSPS) is 16.8. The summed E-state index contributed by atoms with van der Waals surface area (Å²) in [6, 6.07) is 2.69. The van der Waals surface area contributed by atoms with Crippen molar-refractivity contribution >= 4 is 0 Å². The molecule has 0 aromatic heterocycles. The van der Waals surface area contributed by atoms with Gasteiger partial charge in [-0.1, -0.05) is 0 Å². The van der Waals surface area contributed by atoms with Crippen molar-refractivity contribution in [1.82, 2.24) is 10.2 Å². The van der Waals surface area contributed by atoms with Crippen molar-refractivity contribution in [1.29, 1.82) is 0 Å². The third-order valence-corrected chi connectivity index (χ3v) is 3.25. The van der Waals surface area contributed by atoms with Crippen LogP contribution in [0.4, 0.5) is 4.39 Å². The Labute approximate surface area is 106 Å². The van der Waals surface area contributed by atoms with Gasteiger partial charge in [-0.05, 0) is 18.1 Å². The lowest BCUT2D eigenvalue weighted by Gasteiger charge is -2.27. The third-order valence-electron chi connectivity index (χ3n) is 3.25. The Hall–Kier alpha value is -1.33. The molecule has 0 aliphatic carbocycles. The molecular formula is C13H19FN2O2. The van der Waals surface area contributed by atoms with Crippen LogP contribution in [-0.2, 0) is 6.42 Å². The highest BCUT2D eigenvalue weighted by Gasteiger charge is 2.13. The van der Waals surface area contributed by atoms with Gasteiger partial charge in [0.1, 0.15) is 5.82 Å². The summed E-state index contributed by atoms with van der Waals surface area (Å²) in [5.41, 5.74) is 0.534. The molecule has 0 radical (unpaired) electrons. The Bertz CT molecular complexity index is 406. The smallest absolute Gasteiger partial charge is 0.163 e. The van der Waals surface area contributed by atoms with Crippen molar-refractivity contribution in [2.75, 3.05) is 39.8 Å². The van der Waals surface area contributed by atoms with Gasteiger partial charge in [-0.3, -0.25) is 0 Å². The summed E-state index contributed by atoms with van der Waals surface area (Å²) in [6.07, 6.45) is 0.601. The lowest BCUT2D eigenvalue weighted by Crippen LogP contribution is -2.44. The van der Waals surface area contributed by atoms with Crippen LogP contribution in [0.5, 0.6) is 11.5 Å². The quantitative estimate of drug-likeness (QED) is 0.841. The largest absolute Gasteiger partial charge is 0.504 e. The van der Waals surface area contributed by atoms with Gasteiger partial charge in [-0.15, -0.1) is 0 Å². The third kappa shape index (κ3) is 3.11. The number of piperazine rings is 1. The van der Waals surface area contributed by atoms with Crippen LogP contribution < -0.4 is 10.1 Å². The van der Waals surface area contributed by atoms with Gasteiger partial charge >= 0.3 is 0 Å². The fraction of sp³-hybridized carbons (Fsp3) is 0.538. The molecule has 0 saturated carbocycles. The maximum Gasteiger partial charge on any atom is 0.163 e.